The average molecular weight is 289 g/mol. The van der Waals surface area contributed by atoms with E-state index in [0.29, 0.717) is 0 Å². The molecule has 118 valence electrons. The van der Waals surface area contributed by atoms with Gasteiger partial charge in [-0.05, 0) is 57.1 Å². The smallest absolute Gasteiger partial charge is 0.128 e. The molecule has 1 aromatic heterocycles. The van der Waals surface area contributed by atoms with E-state index in [1.165, 1.54) is 18.4 Å². The maximum absolute atomic E-state index is 4.66. The average Bonchev–Trinajstić information content (AvgIpc) is 2.45. The zero-order valence-corrected chi connectivity index (χ0v) is 14.3. The summed E-state index contributed by atoms with van der Waals surface area (Å²) in [5.74, 6) is 2.83. The molecule has 2 heterocycles. The van der Waals surface area contributed by atoms with Crippen LogP contribution in [-0.2, 0) is 6.54 Å². The van der Waals surface area contributed by atoms with E-state index in [1.54, 1.807) is 0 Å². The van der Waals surface area contributed by atoms with E-state index in [0.717, 1.165) is 37.3 Å². The Kier molecular flexibility index (Phi) is 5.26. The molecule has 1 saturated heterocycles. The number of hydrogen-bond donors (Lipinski definition) is 1. The molecule has 0 atom stereocenters. The van der Waals surface area contributed by atoms with Gasteiger partial charge in [0.2, 0.25) is 0 Å². The van der Waals surface area contributed by atoms with Gasteiger partial charge in [0, 0.05) is 31.4 Å². The van der Waals surface area contributed by atoms with Crippen molar-refractivity contribution >= 4 is 5.82 Å². The SMILES string of the molecule is CC(C)C1CCN(c2ccc(CNC(C)(C)C)cn2)CC1. The minimum Gasteiger partial charge on any atom is -0.357 e. The topological polar surface area (TPSA) is 28.2 Å². The molecule has 3 heteroatoms. The van der Waals surface area contributed by atoms with Gasteiger partial charge < -0.3 is 10.2 Å². The van der Waals surface area contributed by atoms with Gasteiger partial charge in [-0.1, -0.05) is 19.9 Å². The summed E-state index contributed by atoms with van der Waals surface area (Å²) < 4.78 is 0. The fraction of sp³-hybridized carbons (Fsp3) is 0.722. The van der Waals surface area contributed by atoms with Crippen LogP contribution in [0.1, 0.15) is 53.0 Å². The maximum Gasteiger partial charge on any atom is 0.128 e. The van der Waals surface area contributed by atoms with E-state index in [4.69, 9.17) is 0 Å². The molecule has 1 aromatic rings. The van der Waals surface area contributed by atoms with Crippen LogP contribution >= 0.6 is 0 Å². The summed E-state index contributed by atoms with van der Waals surface area (Å²) in [6.07, 6.45) is 4.61. The standard InChI is InChI=1S/C18H31N3/c1-14(2)16-8-10-21(11-9-16)17-7-6-15(12-19-17)13-20-18(3,4)5/h6-7,12,14,16,20H,8-11,13H2,1-5H3. The molecule has 0 bridgehead atoms. The third-order valence-corrected chi connectivity index (χ3v) is 4.44. The first-order valence-electron chi connectivity index (χ1n) is 8.30. The van der Waals surface area contributed by atoms with Gasteiger partial charge in [0.05, 0.1) is 0 Å². The third-order valence-electron chi connectivity index (χ3n) is 4.44. The normalized spacial score (nSPS) is 17.5. The highest BCUT2D eigenvalue weighted by Crippen LogP contribution is 2.26. The highest BCUT2D eigenvalue weighted by atomic mass is 15.2. The molecule has 1 aliphatic rings. The predicted octanol–water partition coefficient (Wildman–Crippen LogP) is 3.84. The fourth-order valence-corrected chi connectivity index (χ4v) is 2.87. The fourth-order valence-electron chi connectivity index (χ4n) is 2.87. The monoisotopic (exact) mass is 289 g/mol. The van der Waals surface area contributed by atoms with Gasteiger partial charge in [-0.15, -0.1) is 0 Å². The summed E-state index contributed by atoms with van der Waals surface area (Å²) in [5.41, 5.74) is 1.41. The first-order valence-corrected chi connectivity index (χ1v) is 8.30. The number of piperidine rings is 1. The Morgan fingerprint density at radius 1 is 1.24 bits per heavy atom. The first kappa shape index (κ1) is 16.3. The van der Waals surface area contributed by atoms with E-state index in [-0.39, 0.29) is 5.54 Å². The van der Waals surface area contributed by atoms with Gasteiger partial charge in [-0.2, -0.15) is 0 Å². The second kappa shape index (κ2) is 6.78. The van der Waals surface area contributed by atoms with Crippen LogP contribution in [0.5, 0.6) is 0 Å². The number of aromatic nitrogens is 1. The number of nitrogens with one attached hydrogen (secondary N) is 1. The van der Waals surface area contributed by atoms with E-state index in [2.05, 4.69) is 62.0 Å². The molecule has 0 spiro atoms. The molecule has 0 aromatic carbocycles. The van der Waals surface area contributed by atoms with E-state index in [1.807, 2.05) is 6.20 Å². The van der Waals surface area contributed by atoms with Gasteiger partial charge in [-0.25, -0.2) is 4.98 Å². The Balaban J connectivity index is 1.88. The Hall–Kier alpha value is -1.09. The number of pyridine rings is 1. The van der Waals surface area contributed by atoms with Crippen LogP contribution in [0.4, 0.5) is 5.82 Å². The van der Waals surface area contributed by atoms with E-state index < -0.39 is 0 Å². The van der Waals surface area contributed by atoms with Crippen LogP contribution in [-0.4, -0.2) is 23.6 Å². The molecular weight excluding hydrogens is 258 g/mol. The molecule has 1 fully saturated rings. The Morgan fingerprint density at radius 3 is 2.38 bits per heavy atom. The minimum absolute atomic E-state index is 0.150. The van der Waals surface area contributed by atoms with Crippen LogP contribution in [0.2, 0.25) is 0 Å². The molecule has 3 nitrogen and oxygen atoms in total. The van der Waals surface area contributed by atoms with Crippen molar-refractivity contribution in [3.05, 3.63) is 23.9 Å². The minimum atomic E-state index is 0.150. The van der Waals surface area contributed by atoms with E-state index >= 15 is 0 Å². The van der Waals surface area contributed by atoms with Crippen LogP contribution in [0.25, 0.3) is 0 Å². The molecule has 0 aliphatic carbocycles. The molecule has 2 rings (SSSR count). The Labute approximate surface area is 130 Å². The quantitative estimate of drug-likeness (QED) is 0.912. The van der Waals surface area contributed by atoms with Crippen molar-refractivity contribution in [2.75, 3.05) is 18.0 Å². The van der Waals surface area contributed by atoms with Crippen LogP contribution < -0.4 is 10.2 Å². The molecule has 21 heavy (non-hydrogen) atoms. The number of hydrogen-bond acceptors (Lipinski definition) is 3. The summed E-state index contributed by atoms with van der Waals surface area (Å²) in [6, 6.07) is 4.38. The largest absolute Gasteiger partial charge is 0.357 e. The lowest BCUT2D eigenvalue weighted by atomic mass is 9.87. The van der Waals surface area contributed by atoms with Crippen molar-refractivity contribution < 1.29 is 0 Å². The molecule has 0 amide bonds. The van der Waals surface area contributed by atoms with Gasteiger partial charge in [0.1, 0.15) is 5.82 Å². The highest BCUT2D eigenvalue weighted by Gasteiger charge is 2.22. The summed E-state index contributed by atoms with van der Waals surface area (Å²) in [4.78, 5) is 7.09. The van der Waals surface area contributed by atoms with Crippen molar-refractivity contribution in [1.82, 2.24) is 10.3 Å². The summed E-state index contributed by atoms with van der Waals surface area (Å²) in [7, 11) is 0. The molecule has 0 saturated carbocycles. The molecule has 0 unspecified atom stereocenters. The number of rotatable bonds is 4. The summed E-state index contributed by atoms with van der Waals surface area (Å²) in [6.45, 7) is 14.4. The Bertz CT molecular complexity index is 423. The molecule has 1 aliphatic heterocycles. The molecule has 0 radical (unpaired) electrons. The van der Waals surface area contributed by atoms with Gasteiger partial charge in [0.25, 0.3) is 0 Å². The van der Waals surface area contributed by atoms with Crippen molar-refractivity contribution in [3.63, 3.8) is 0 Å². The van der Waals surface area contributed by atoms with Gasteiger partial charge in [-0.3, -0.25) is 0 Å². The second-order valence-electron chi connectivity index (χ2n) is 7.70. The lowest BCUT2D eigenvalue weighted by molar-refractivity contribution is 0.310. The summed E-state index contributed by atoms with van der Waals surface area (Å²) in [5, 5.41) is 3.50. The number of anilines is 1. The number of nitrogens with zero attached hydrogens (tertiary/aromatic N) is 2. The Morgan fingerprint density at radius 2 is 1.90 bits per heavy atom. The molecular formula is C18H31N3. The van der Waals surface area contributed by atoms with Gasteiger partial charge in [0.15, 0.2) is 0 Å². The van der Waals surface area contributed by atoms with Crippen molar-refractivity contribution in [2.45, 2.75) is 59.5 Å². The molecule has 1 N–H and O–H groups in total. The highest BCUT2D eigenvalue weighted by molar-refractivity contribution is 5.39. The van der Waals surface area contributed by atoms with Crippen LogP contribution in [0, 0.1) is 11.8 Å². The van der Waals surface area contributed by atoms with Crippen LogP contribution in [0.15, 0.2) is 18.3 Å². The van der Waals surface area contributed by atoms with Crippen LogP contribution in [0.3, 0.4) is 0 Å². The third kappa shape index (κ3) is 4.99. The van der Waals surface area contributed by atoms with Gasteiger partial charge >= 0.3 is 0 Å². The van der Waals surface area contributed by atoms with Crippen molar-refractivity contribution in [2.24, 2.45) is 11.8 Å². The van der Waals surface area contributed by atoms with Crippen molar-refractivity contribution in [1.29, 1.82) is 0 Å². The zero-order valence-electron chi connectivity index (χ0n) is 14.3. The zero-order chi connectivity index (χ0) is 15.5. The predicted molar refractivity (Wildman–Crippen MR) is 90.6 cm³/mol. The van der Waals surface area contributed by atoms with Crippen molar-refractivity contribution in [3.8, 4) is 0 Å². The lowest BCUT2D eigenvalue weighted by Gasteiger charge is -2.34. The lowest BCUT2D eigenvalue weighted by Crippen LogP contribution is -2.36. The summed E-state index contributed by atoms with van der Waals surface area (Å²) >= 11 is 0. The maximum atomic E-state index is 4.66. The second-order valence-corrected chi connectivity index (χ2v) is 7.70. The van der Waals surface area contributed by atoms with E-state index in [9.17, 15) is 0 Å². The first-order chi connectivity index (χ1) is 9.85.